The zero-order valence-electron chi connectivity index (χ0n) is 12.5. The summed E-state index contributed by atoms with van der Waals surface area (Å²) in [6, 6.07) is 8.72. The lowest BCUT2D eigenvalue weighted by atomic mass is 10.1. The van der Waals surface area contributed by atoms with Gasteiger partial charge < -0.3 is 10.6 Å². The molecule has 0 bridgehead atoms. The van der Waals surface area contributed by atoms with E-state index in [1.165, 1.54) is 6.07 Å². The van der Waals surface area contributed by atoms with E-state index < -0.39 is 0 Å². The van der Waals surface area contributed by atoms with Gasteiger partial charge in [-0.3, -0.25) is 0 Å². The summed E-state index contributed by atoms with van der Waals surface area (Å²) >= 11 is 0. The number of hydrogen-bond donors (Lipinski definition) is 2. The molecule has 21 heavy (non-hydrogen) atoms. The van der Waals surface area contributed by atoms with Crippen LogP contribution in [-0.4, -0.2) is 23.1 Å². The lowest BCUT2D eigenvalue weighted by molar-refractivity contribution is 0.610. The van der Waals surface area contributed by atoms with Crippen LogP contribution in [0.15, 0.2) is 30.3 Å². The zero-order valence-corrected chi connectivity index (χ0v) is 12.5. The SMILES string of the molecule is CCNc1cc(NCCc2ccccc2F)nc(CC)n1. The number of rotatable bonds is 7. The normalized spacial score (nSPS) is 10.4. The average molecular weight is 288 g/mol. The molecule has 5 heteroatoms. The van der Waals surface area contributed by atoms with E-state index in [9.17, 15) is 4.39 Å². The molecule has 0 aliphatic carbocycles. The fourth-order valence-electron chi connectivity index (χ4n) is 2.04. The van der Waals surface area contributed by atoms with Crippen LogP contribution in [0.3, 0.4) is 0 Å². The van der Waals surface area contributed by atoms with Crippen LogP contribution < -0.4 is 10.6 Å². The van der Waals surface area contributed by atoms with Crippen LogP contribution in [0.5, 0.6) is 0 Å². The van der Waals surface area contributed by atoms with Gasteiger partial charge in [0.05, 0.1) is 0 Å². The number of aryl methyl sites for hydroxylation is 1. The maximum absolute atomic E-state index is 13.5. The Morgan fingerprint density at radius 3 is 2.43 bits per heavy atom. The van der Waals surface area contributed by atoms with Crippen LogP contribution in [0.2, 0.25) is 0 Å². The smallest absolute Gasteiger partial charge is 0.132 e. The first-order valence-electron chi connectivity index (χ1n) is 7.32. The van der Waals surface area contributed by atoms with Crippen LogP contribution in [0.25, 0.3) is 0 Å². The lowest BCUT2D eigenvalue weighted by Crippen LogP contribution is -2.10. The number of anilines is 2. The Balaban J connectivity index is 1.99. The molecule has 0 amide bonds. The lowest BCUT2D eigenvalue weighted by Gasteiger charge is -2.10. The predicted octanol–water partition coefficient (Wildman–Crippen LogP) is 3.26. The van der Waals surface area contributed by atoms with E-state index in [0.29, 0.717) is 18.5 Å². The molecular formula is C16H21FN4. The van der Waals surface area contributed by atoms with Crippen molar-refractivity contribution in [1.29, 1.82) is 0 Å². The molecule has 0 radical (unpaired) electrons. The summed E-state index contributed by atoms with van der Waals surface area (Å²) in [5, 5.41) is 6.42. The summed E-state index contributed by atoms with van der Waals surface area (Å²) in [4.78, 5) is 8.83. The summed E-state index contributed by atoms with van der Waals surface area (Å²) in [7, 11) is 0. The molecule has 1 aromatic carbocycles. The van der Waals surface area contributed by atoms with Gasteiger partial charge in [-0.25, -0.2) is 14.4 Å². The van der Waals surface area contributed by atoms with E-state index in [1.54, 1.807) is 12.1 Å². The van der Waals surface area contributed by atoms with Crippen molar-refractivity contribution in [2.24, 2.45) is 0 Å². The Morgan fingerprint density at radius 2 is 1.76 bits per heavy atom. The molecule has 1 heterocycles. The maximum Gasteiger partial charge on any atom is 0.132 e. The van der Waals surface area contributed by atoms with Crippen molar-refractivity contribution in [1.82, 2.24) is 9.97 Å². The van der Waals surface area contributed by atoms with Gasteiger partial charge in [-0.2, -0.15) is 0 Å². The molecule has 0 unspecified atom stereocenters. The monoisotopic (exact) mass is 288 g/mol. The summed E-state index contributed by atoms with van der Waals surface area (Å²) in [5.41, 5.74) is 0.710. The van der Waals surface area contributed by atoms with E-state index in [4.69, 9.17) is 0 Å². The first-order valence-corrected chi connectivity index (χ1v) is 7.32. The van der Waals surface area contributed by atoms with Crippen molar-refractivity contribution in [3.05, 3.63) is 47.5 Å². The average Bonchev–Trinajstić information content (AvgIpc) is 2.49. The molecule has 0 saturated carbocycles. The Morgan fingerprint density at radius 1 is 1.05 bits per heavy atom. The largest absolute Gasteiger partial charge is 0.370 e. The highest BCUT2D eigenvalue weighted by atomic mass is 19.1. The summed E-state index contributed by atoms with van der Waals surface area (Å²) in [6.07, 6.45) is 1.40. The second kappa shape index (κ2) is 7.57. The highest BCUT2D eigenvalue weighted by Crippen LogP contribution is 2.12. The Labute approximate surface area is 124 Å². The number of nitrogens with zero attached hydrogens (tertiary/aromatic N) is 2. The van der Waals surface area contributed by atoms with Crippen LogP contribution in [0.1, 0.15) is 25.2 Å². The van der Waals surface area contributed by atoms with Crippen molar-refractivity contribution < 1.29 is 4.39 Å². The van der Waals surface area contributed by atoms with Crippen LogP contribution in [0, 0.1) is 5.82 Å². The molecular weight excluding hydrogens is 267 g/mol. The number of hydrogen-bond acceptors (Lipinski definition) is 4. The molecule has 0 aliphatic rings. The van der Waals surface area contributed by atoms with Gasteiger partial charge in [0.25, 0.3) is 0 Å². The molecule has 2 aromatic rings. The third kappa shape index (κ3) is 4.41. The molecule has 4 nitrogen and oxygen atoms in total. The van der Waals surface area contributed by atoms with Gasteiger partial charge in [-0.1, -0.05) is 25.1 Å². The van der Waals surface area contributed by atoms with Gasteiger partial charge in [-0.15, -0.1) is 0 Å². The Hall–Kier alpha value is -2.17. The molecule has 0 spiro atoms. The summed E-state index contributed by atoms with van der Waals surface area (Å²) in [6.45, 7) is 5.49. The summed E-state index contributed by atoms with van der Waals surface area (Å²) < 4.78 is 13.5. The van der Waals surface area contributed by atoms with Gasteiger partial charge in [0, 0.05) is 25.6 Å². The number of aromatic nitrogens is 2. The van der Waals surface area contributed by atoms with Crippen molar-refractivity contribution in [3.8, 4) is 0 Å². The minimum atomic E-state index is -0.162. The molecule has 2 N–H and O–H groups in total. The fourth-order valence-corrected chi connectivity index (χ4v) is 2.04. The minimum absolute atomic E-state index is 0.162. The van der Waals surface area contributed by atoms with E-state index in [0.717, 1.165) is 30.4 Å². The topological polar surface area (TPSA) is 49.8 Å². The van der Waals surface area contributed by atoms with Crippen LogP contribution in [-0.2, 0) is 12.8 Å². The van der Waals surface area contributed by atoms with E-state index >= 15 is 0 Å². The van der Waals surface area contributed by atoms with Crippen LogP contribution >= 0.6 is 0 Å². The standard InChI is InChI=1S/C16H21FN4/c1-3-14-20-15(18-4-2)11-16(21-14)19-10-9-12-7-5-6-8-13(12)17/h5-8,11H,3-4,9-10H2,1-2H3,(H2,18,19,20,21). The third-order valence-electron chi connectivity index (χ3n) is 3.10. The van der Waals surface area contributed by atoms with Crippen molar-refractivity contribution >= 4 is 11.6 Å². The Bertz CT molecular complexity index is 586. The van der Waals surface area contributed by atoms with Crippen molar-refractivity contribution in [3.63, 3.8) is 0 Å². The third-order valence-corrected chi connectivity index (χ3v) is 3.10. The fraction of sp³-hybridized carbons (Fsp3) is 0.375. The molecule has 2 rings (SSSR count). The summed E-state index contributed by atoms with van der Waals surface area (Å²) in [5.74, 6) is 2.22. The molecule has 0 aliphatic heterocycles. The van der Waals surface area contributed by atoms with Gasteiger partial charge in [0.1, 0.15) is 23.3 Å². The maximum atomic E-state index is 13.5. The van der Waals surface area contributed by atoms with E-state index in [2.05, 4.69) is 20.6 Å². The van der Waals surface area contributed by atoms with Gasteiger partial charge in [0.2, 0.25) is 0 Å². The molecule has 0 atom stereocenters. The second-order valence-electron chi connectivity index (χ2n) is 4.71. The quantitative estimate of drug-likeness (QED) is 0.821. The molecule has 0 saturated heterocycles. The number of nitrogens with one attached hydrogen (secondary N) is 2. The number of benzene rings is 1. The first-order chi connectivity index (χ1) is 10.2. The van der Waals surface area contributed by atoms with Gasteiger partial charge in [-0.05, 0) is 25.0 Å². The highest BCUT2D eigenvalue weighted by Gasteiger charge is 2.04. The molecule has 112 valence electrons. The second-order valence-corrected chi connectivity index (χ2v) is 4.71. The highest BCUT2D eigenvalue weighted by molar-refractivity contribution is 5.47. The minimum Gasteiger partial charge on any atom is -0.370 e. The number of halogens is 1. The Kier molecular flexibility index (Phi) is 5.49. The van der Waals surface area contributed by atoms with Gasteiger partial charge >= 0.3 is 0 Å². The first kappa shape index (κ1) is 15.2. The van der Waals surface area contributed by atoms with Crippen molar-refractivity contribution in [2.45, 2.75) is 26.7 Å². The molecule has 1 aromatic heterocycles. The zero-order chi connectivity index (χ0) is 15.1. The molecule has 0 fully saturated rings. The van der Waals surface area contributed by atoms with Crippen LogP contribution in [0.4, 0.5) is 16.0 Å². The van der Waals surface area contributed by atoms with Crippen molar-refractivity contribution in [2.75, 3.05) is 23.7 Å². The van der Waals surface area contributed by atoms with E-state index in [1.807, 2.05) is 26.0 Å². The predicted molar refractivity (Wildman–Crippen MR) is 84.2 cm³/mol. The van der Waals surface area contributed by atoms with E-state index in [-0.39, 0.29) is 5.82 Å². The van der Waals surface area contributed by atoms with Gasteiger partial charge in [0.15, 0.2) is 0 Å².